The molecule has 1 aliphatic heterocycles. The van der Waals surface area contributed by atoms with E-state index in [1.54, 1.807) is 0 Å². The van der Waals surface area contributed by atoms with Crippen molar-refractivity contribution in [3.05, 3.63) is 82.1 Å². The second-order valence-electron chi connectivity index (χ2n) is 7.73. The molecule has 2 aromatic carbocycles. The zero-order valence-electron chi connectivity index (χ0n) is 16.3. The molecule has 0 saturated carbocycles. The Balaban J connectivity index is 1.40. The highest BCUT2D eigenvalue weighted by molar-refractivity contribution is 6.00. The van der Waals surface area contributed by atoms with E-state index in [0.717, 1.165) is 30.7 Å². The second kappa shape index (κ2) is 6.48. The first-order chi connectivity index (χ1) is 13.6. The fourth-order valence-electron chi connectivity index (χ4n) is 4.52. The fraction of sp³-hybridized carbons (Fsp3) is 0.250. The first kappa shape index (κ1) is 17.0. The van der Waals surface area contributed by atoms with Gasteiger partial charge in [-0.15, -0.1) is 0 Å². The summed E-state index contributed by atoms with van der Waals surface area (Å²) >= 11 is 0. The van der Waals surface area contributed by atoms with Crippen molar-refractivity contribution in [1.82, 2.24) is 14.7 Å². The Morgan fingerprint density at radius 1 is 1.04 bits per heavy atom. The number of fused-ring (bicyclic) bond motifs is 2. The molecule has 3 aromatic rings. The van der Waals surface area contributed by atoms with Gasteiger partial charge >= 0.3 is 0 Å². The average Bonchev–Trinajstić information content (AvgIpc) is 3.29. The van der Waals surface area contributed by atoms with Gasteiger partial charge in [-0.05, 0) is 36.1 Å². The number of benzene rings is 2. The van der Waals surface area contributed by atoms with E-state index in [1.165, 1.54) is 33.5 Å². The first-order valence-corrected chi connectivity index (χ1v) is 9.80. The van der Waals surface area contributed by atoms with Crippen LogP contribution in [0.3, 0.4) is 0 Å². The molecular weight excluding hydrogens is 346 g/mol. The molecule has 0 N–H and O–H groups in total. The number of carbonyl (C=O) groups is 1. The number of aromatic nitrogens is 2. The summed E-state index contributed by atoms with van der Waals surface area (Å²) in [5.41, 5.74) is 9.28. The largest absolute Gasteiger partial charge is 0.333 e. The molecule has 1 aromatic heterocycles. The number of hydrogen-bond donors (Lipinski definition) is 0. The molecule has 4 heteroatoms. The molecule has 2 heterocycles. The molecular formula is C24H23N3O. The third-order valence-corrected chi connectivity index (χ3v) is 5.95. The van der Waals surface area contributed by atoms with Crippen molar-refractivity contribution in [2.24, 2.45) is 7.05 Å². The van der Waals surface area contributed by atoms with E-state index in [9.17, 15) is 4.79 Å². The maximum atomic E-state index is 13.2. The molecule has 1 aliphatic carbocycles. The Labute approximate surface area is 165 Å². The van der Waals surface area contributed by atoms with Gasteiger partial charge in [0.25, 0.3) is 5.91 Å². The highest BCUT2D eigenvalue weighted by atomic mass is 16.2. The van der Waals surface area contributed by atoms with Crippen LogP contribution in [0.1, 0.15) is 27.9 Å². The zero-order valence-corrected chi connectivity index (χ0v) is 16.3. The minimum absolute atomic E-state index is 0.146. The lowest BCUT2D eigenvalue weighted by Crippen LogP contribution is -2.36. The SMILES string of the molecule is Cc1cccc2c1CC(C(=O)N1CCc3c(nn(C)c3-c3ccccc3)C1)=C2. The zero-order chi connectivity index (χ0) is 19.3. The lowest BCUT2D eigenvalue weighted by molar-refractivity contribution is -0.128. The van der Waals surface area contributed by atoms with Gasteiger partial charge in [-0.2, -0.15) is 5.10 Å². The summed E-state index contributed by atoms with van der Waals surface area (Å²) < 4.78 is 1.96. The third-order valence-electron chi connectivity index (χ3n) is 5.95. The van der Waals surface area contributed by atoms with Gasteiger partial charge in [0.2, 0.25) is 0 Å². The molecule has 28 heavy (non-hydrogen) atoms. The highest BCUT2D eigenvalue weighted by Gasteiger charge is 2.30. The summed E-state index contributed by atoms with van der Waals surface area (Å²) in [6.45, 7) is 3.44. The molecule has 0 saturated heterocycles. The predicted molar refractivity (Wildman–Crippen MR) is 111 cm³/mol. The van der Waals surface area contributed by atoms with E-state index < -0.39 is 0 Å². The van der Waals surface area contributed by atoms with Crippen molar-refractivity contribution >= 4 is 12.0 Å². The quantitative estimate of drug-likeness (QED) is 0.687. The van der Waals surface area contributed by atoms with Crippen LogP contribution in [0.25, 0.3) is 17.3 Å². The van der Waals surface area contributed by atoms with E-state index in [-0.39, 0.29) is 5.91 Å². The van der Waals surface area contributed by atoms with Crippen LogP contribution >= 0.6 is 0 Å². The summed E-state index contributed by atoms with van der Waals surface area (Å²) in [4.78, 5) is 15.1. The number of rotatable bonds is 2. The predicted octanol–water partition coefficient (Wildman–Crippen LogP) is 3.92. The molecule has 5 rings (SSSR count). The topological polar surface area (TPSA) is 38.1 Å². The number of amides is 1. The normalized spacial score (nSPS) is 15.2. The van der Waals surface area contributed by atoms with E-state index in [4.69, 9.17) is 5.10 Å². The summed E-state index contributed by atoms with van der Waals surface area (Å²) in [5, 5.41) is 4.74. The van der Waals surface area contributed by atoms with Crippen molar-refractivity contribution in [3.63, 3.8) is 0 Å². The summed E-state index contributed by atoms with van der Waals surface area (Å²) in [7, 11) is 1.99. The van der Waals surface area contributed by atoms with Crippen molar-refractivity contribution in [2.75, 3.05) is 6.54 Å². The van der Waals surface area contributed by atoms with Gasteiger partial charge in [-0.1, -0.05) is 48.5 Å². The summed E-state index contributed by atoms with van der Waals surface area (Å²) in [6.07, 6.45) is 3.65. The monoisotopic (exact) mass is 369 g/mol. The van der Waals surface area contributed by atoms with Gasteiger partial charge in [0.05, 0.1) is 17.9 Å². The lowest BCUT2D eigenvalue weighted by atomic mass is 9.99. The number of aryl methyl sites for hydroxylation is 2. The van der Waals surface area contributed by atoms with Crippen molar-refractivity contribution in [3.8, 4) is 11.3 Å². The molecule has 0 fully saturated rings. The maximum absolute atomic E-state index is 13.2. The highest BCUT2D eigenvalue weighted by Crippen LogP contribution is 2.32. The van der Waals surface area contributed by atoms with Gasteiger partial charge in [-0.25, -0.2) is 0 Å². The number of hydrogen-bond acceptors (Lipinski definition) is 2. The van der Waals surface area contributed by atoms with Gasteiger partial charge in [-0.3, -0.25) is 9.48 Å². The van der Waals surface area contributed by atoms with Crippen LogP contribution in [-0.4, -0.2) is 27.1 Å². The van der Waals surface area contributed by atoms with Crippen LogP contribution in [0.5, 0.6) is 0 Å². The molecule has 140 valence electrons. The van der Waals surface area contributed by atoms with E-state index in [0.29, 0.717) is 6.54 Å². The number of nitrogens with zero attached hydrogens (tertiary/aromatic N) is 3. The molecule has 0 bridgehead atoms. The number of carbonyl (C=O) groups excluding carboxylic acids is 1. The lowest BCUT2D eigenvalue weighted by Gasteiger charge is -2.27. The third kappa shape index (κ3) is 2.68. The molecule has 0 unspecified atom stereocenters. The van der Waals surface area contributed by atoms with E-state index in [2.05, 4.69) is 55.5 Å². The van der Waals surface area contributed by atoms with Gasteiger partial charge in [0.1, 0.15) is 0 Å². The fourth-order valence-corrected chi connectivity index (χ4v) is 4.52. The van der Waals surface area contributed by atoms with Crippen molar-refractivity contribution in [2.45, 2.75) is 26.3 Å². The van der Waals surface area contributed by atoms with E-state index >= 15 is 0 Å². The smallest absolute Gasteiger partial charge is 0.250 e. The Morgan fingerprint density at radius 2 is 1.86 bits per heavy atom. The van der Waals surface area contributed by atoms with E-state index in [1.807, 2.05) is 22.7 Å². The van der Waals surface area contributed by atoms with Crippen LogP contribution in [0.2, 0.25) is 0 Å². The molecule has 0 radical (unpaired) electrons. The maximum Gasteiger partial charge on any atom is 0.250 e. The summed E-state index contributed by atoms with van der Waals surface area (Å²) in [6, 6.07) is 16.7. The second-order valence-corrected chi connectivity index (χ2v) is 7.73. The van der Waals surface area contributed by atoms with Crippen molar-refractivity contribution < 1.29 is 4.79 Å². The molecule has 1 amide bonds. The minimum atomic E-state index is 0.146. The van der Waals surface area contributed by atoms with Crippen LogP contribution in [0.4, 0.5) is 0 Å². The van der Waals surface area contributed by atoms with Gasteiger partial charge in [0.15, 0.2) is 0 Å². The first-order valence-electron chi connectivity index (χ1n) is 9.80. The summed E-state index contributed by atoms with van der Waals surface area (Å²) in [5.74, 6) is 0.146. The molecule has 4 nitrogen and oxygen atoms in total. The Hall–Kier alpha value is -3.14. The van der Waals surface area contributed by atoms with Crippen LogP contribution in [0.15, 0.2) is 54.1 Å². The van der Waals surface area contributed by atoms with Crippen LogP contribution < -0.4 is 0 Å². The Kier molecular flexibility index (Phi) is 3.93. The van der Waals surface area contributed by atoms with Crippen LogP contribution in [0, 0.1) is 6.92 Å². The van der Waals surface area contributed by atoms with Gasteiger partial charge in [0, 0.05) is 36.7 Å². The Morgan fingerprint density at radius 3 is 2.64 bits per heavy atom. The molecule has 0 atom stereocenters. The Bertz CT molecular complexity index is 1110. The molecule has 2 aliphatic rings. The van der Waals surface area contributed by atoms with Gasteiger partial charge < -0.3 is 4.90 Å². The average molecular weight is 369 g/mol. The minimum Gasteiger partial charge on any atom is -0.333 e. The van der Waals surface area contributed by atoms with Crippen molar-refractivity contribution in [1.29, 1.82) is 0 Å². The van der Waals surface area contributed by atoms with Crippen LogP contribution in [-0.2, 0) is 31.2 Å². The molecule has 0 spiro atoms. The standard InChI is InChI=1S/C24H23N3O/c1-16-7-6-10-18-13-19(14-21(16)18)24(28)27-12-11-20-22(15-27)25-26(2)23(20)17-8-4-3-5-9-17/h3-10,13H,11-12,14-15H2,1-2H3.